The van der Waals surface area contributed by atoms with Gasteiger partial charge in [0.1, 0.15) is 5.82 Å². The van der Waals surface area contributed by atoms with Crippen LogP contribution in [0.2, 0.25) is 0 Å². The van der Waals surface area contributed by atoms with E-state index in [9.17, 15) is 4.79 Å². The maximum atomic E-state index is 11.5. The molecule has 4 rings (SSSR count). The number of aromatic nitrogens is 3. The first-order chi connectivity index (χ1) is 14.4. The molecule has 3 heterocycles. The van der Waals surface area contributed by atoms with Gasteiger partial charge in [-0.25, -0.2) is 4.98 Å². The molecule has 0 amide bonds. The Hall–Kier alpha value is -3.21. The molecule has 0 bridgehead atoms. The Kier molecular flexibility index (Phi) is 5.29. The Morgan fingerprint density at radius 2 is 2.20 bits per heavy atom. The molecule has 0 saturated carbocycles. The van der Waals surface area contributed by atoms with Gasteiger partial charge in [-0.3, -0.25) is 9.78 Å². The summed E-state index contributed by atoms with van der Waals surface area (Å²) in [7, 11) is 0. The molecule has 1 atom stereocenters. The van der Waals surface area contributed by atoms with Gasteiger partial charge in [-0.05, 0) is 49.1 Å². The summed E-state index contributed by atoms with van der Waals surface area (Å²) in [5, 5.41) is 0. The third kappa shape index (κ3) is 3.80. The number of rotatable bonds is 4. The van der Waals surface area contributed by atoms with Gasteiger partial charge < -0.3 is 9.88 Å². The van der Waals surface area contributed by atoms with Crippen molar-refractivity contribution >= 4 is 6.08 Å². The van der Waals surface area contributed by atoms with Crippen LogP contribution in [-0.2, 0) is 18.4 Å². The SMILES string of the molecule is C=C(/C(C)=C\c1nccc(=O)[nH]1)N1CCc2ncc(C3(C)CC=CC=C3C)cc2C1. The van der Waals surface area contributed by atoms with Crippen molar-refractivity contribution in [3.05, 3.63) is 99.2 Å². The molecule has 2 aliphatic rings. The van der Waals surface area contributed by atoms with E-state index in [0.717, 1.165) is 37.2 Å². The first-order valence-electron chi connectivity index (χ1n) is 10.4. The van der Waals surface area contributed by atoms with Crippen LogP contribution in [0, 0.1) is 0 Å². The zero-order chi connectivity index (χ0) is 21.3. The highest BCUT2D eigenvalue weighted by Gasteiger charge is 2.30. The molecular weight excluding hydrogens is 372 g/mol. The zero-order valence-electron chi connectivity index (χ0n) is 17.9. The number of aromatic amines is 1. The van der Waals surface area contributed by atoms with E-state index >= 15 is 0 Å². The topological polar surface area (TPSA) is 61.9 Å². The molecule has 2 aromatic heterocycles. The molecule has 1 aliphatic heterocycles. The fourth-order valence-electron chi connectivity index (χ4n) is 4.16. The summed E-state index contributed by atoms with van der Waals surface area (Å²) >= 11 is 0. The first kappa shape index (κ1) is 20.1. The minimum absolute atomic E-state index is 0.00324. The molecule has 30 heavy (non-hydrogen) atoms. The molecule has 1 unspecified atom stereocenters. The standard InChI is InChI=1S/C25H28N4O/c1-17(13-23-26-11-8-24(30)28-23)19(3)29-12-9-22-20(16-29)14-21(15-27-22)25(4)10-6-5-7-18(25)2/h5-8,11,13-15H,3,9-10,12,16H2,1-2,4H3,(H,26,28,30)/b17-13-. The van der Waals surface area contributed by atoms with Crippen molar-refractivity contribution in [1.82, 2.24) is 19.9 Å². The predicted octanol–water partition coefficient (Wildman–Crippen LogP) is 4.30. The van der Waals surface area contributed by atoms with Crippen molar-refractivity contribution in [2.24, 2.45) is 0 Å². The van der Waals surface area contributed by atoms with Crippen LogP contribution in [0.3, 0.4) is 0 Å². The number of nitrogens with zero attached hydrogens (tertiary/aromatic N) is 3. The van der Waals surface area contributed by atoms with E-state index in [-0.39, 0.29) is 11.0 Å². The number of fused-ring (bicyclic) bond motifs is 1. The van der Waals surface area contributed by atoms with E-state index in [0.29, 0.717) is 5.82 Å². The maximum absolute atomic E-state index is 11.5. The van der Waals surface area contributed by atoms with Crippen molar-refractivity contribution in [2.45, 2.75) is 45.6 Å². The van der Waals surface area contributed by atoms with Crippen molar-refractivity contribution < 1.29 is 0 Å². The molecule has 154 valence electrons. The van der Waals surface area contributed by atoms with E-state index in [1.54, 1.807) is 0 Å². The minimum atomic E-state index is -0.157. The van der Waals surface area contributed by atoms with Crippen LogP contribution < -0.4 is 5.56 Å². The Morgan fingerprint density at radius 1 is 1.37 bits per heavy atom. The summed E-state index contributed by atoms with van der Waals surface area (Å²) in [4.78, 5) is 25.6. The van der Waals surface area contributed by atoms with Gasteiger partial charge in [-0.1, -0.05) is 37.3 Å². The summed E-state index contributed by atoms with van der Waals surface area (Å²) < 4.78 is 0. The maximum Gasteiger partial charge on any atom is 0.251 e. The monoisotopic (exact) mass is 400 g/mol. The normalized spacial score (nSPS) is 21.2. The molecule has 1 N–H and O–H groups in total. The number of pyridine rings is 1. The van der Waals surface area contributed by atoms with E-state index < -0.39 is 0 Å². The lowest BCUT2D eigenvalue weighted by Crippen LogP contribution is -2.32. The average Bonchev–Trinajstić information content (AvgIpc) is 2.74. The quantitative estimate of drug-likeness (QED) is 0.777. The number of H-pyrrole nitrogens is 1. The van der Waals surface area contributed by atoms with E-state index in [2.05, 4.69) is 65.8 Å². The Bertz CT molecular complexity index is 1140. The van der Waals surface area contributed by atoms with Crippen LogP contribution in [0.15, 0.2) is 71.0 Å². The lowest BCUT2D eigenvalue weighted by Gasteiger charge is -2.35. The smallest absolute Gasteiger partial charge is 0.251 e. The molecule has 0 fully saturated rings. The van der Waals surface area contributed by atoms with Crippen molar-refractivity contribution in [1.29, 1.82) is 0 Å². The lowest BCUT2D eigenvalue weighted by atomic mass is 9.72. The van der Waals surface area contributed by atoms with Gasteiger partial charge in [-0.2, -0.15) is 0 Å². The molecule has 0 saturated heterocycles. The summed E-state index contributed by atoms with van der Waals surface area (Å²) in [6.45, 7) is 12.5. The van der Waals surface area contributed by atoms with Gasteiger partial charge in [-0.15, -0.1) is 0 Å². The average molecular weight is 401 g/mol. The summed E-state index contributed by atoms with van der Waals surface area (Å²) in [6.07, 6.45) is 13.9. The summed E-state index contributed by atoms with van der Waals surface area (Å²) in [5.74, 6) is 0.544. The van der Waals surface area contributed by atoms with Crippen LogP contribution >= 0.6 is 0 Å². The van der Waals surface area contributed by atoms with Crippen LogP contribution in [0.1, 0.15) is 49.8 Å². The Balaban J connectivity index is 1.57. The molecule has 0 aromatic carbocycles. The molecule has 5 nitrogen and oxygen atoms in total. The second kappa shape index (κ2) is 7.90. The van der Waals surface area contributed by atoms with Gasteiger partial charge in [0.2, 0.25) is 0 Å². The van der Waals surface area contributed by atoms with Gasteiger partial charge in [0.15, 0.2) is 0 Å². The number of hydrogen-bond donors (Lipinski definition) is 1. The number of allylic oxidation sites excluding steroid dienone is 5. The van der Waals surface area contributed by atoms with Gasteiger partial charge >= 0.3 is 0 Å². The highest BCUT2D eigenvalue weighted by molar-refractivity contribution is 5.51. The van der Waals surface area contributed by atoms with E-state index in [1.807, 2.05) is 13.0 Å². The highest BCUT2D eigenvalue weighted by atomic mass is 16.1. The van der Waals surface area contributed by atoms with Gasteiger partial charge in [0.05, 0.1) is 0 Å². The second-order valence-electron chi connectivity index (χ2n) is 8.41. The van der Waals surface area contributed by atoms with E-state index in [1.165, 1.54) is 34.7 Å². The number of nitrogens with one attached hydrogen (secondary N) is 1. The predicted molar refractivity (Wildman–Crippen MR) is 121 cm³/mol. The summed E-state index contributed by atoms with van der Waals surface area (Å²) in [5.41, 5.74) is 6.85. The third-order valence-corrected chi connectivity index (χ3v) is 6.44. The lowest BCUT2D eigenvalue weighted by molar-refractivity contribution is 0.325. The molecule has 5 heteroatoms. The van der Waals surface area contributed by atoms with Crippen LogP contribution in [0.5, 0.6) is 0 Å². The van der Waals surface area contributed by atoms with Gasteiger partial charge in [0.25, 0.3) is 5.56 Å². The van der Waals surface area contributed by atoms with Crippen LogP contribution in [0.4, 0.5) is 0 Å². The molecule has 2 aromatic rings. The third-order valence-electron chi connectivity index (χ3n) is 6.44. The minimum Gasteiger partial charge on any atom is -0.367 e. The second-order valence-corrected chi connectivity index (χ2v) is 8.41. The fourth-order valence-corrected chi connectivity index (χ4v) is 4.16. The van der Waals surface area contributed by atoms with Crippen LogP contribution in [0.25, 0.3) is 6.08 Å². The fraction of sp³-hybridized carbons (Fsp3) is 0.320. The molecular formula is C25H28N4O. The molecule has 0 radical (unpaired) electrons. The largest absolute Gasteiger partial charge is 0.367 e. The first-order valence-corrected chi connectivity index (χ1v) is 10.4. The zero-order valence-corrected chi connectivity index (χ0v) is 17.9. The van der Waals surface area contributed by atoms with Crippen LogP contribution in [-0.4, -0.2) is 26.4 Å². The Labute approximate surface area is 177 Å². The number of hydrogen-bond acceptors (Lipinski definition) is 4. The molecule has 0 spiro atoms. The van der Waals surface area contributed by atoms with Crippen molar-refractivity contribution in [3.63, 3.8) is 0 Å². The summed E-state index contributed by atoms with van der Waals surface area (Å²) in [6, 6.07) is 3.74. The highest BCUT2D eigenvalue weighted by Crippen LogP contribution is 2.38. The van der Waals surface area contributed by atoms with Crippen molar-refractivity contribution in [2.75, 3.05) is 6.54 Å². The van der Waals surface area contributed by atoms with Crippen molar-refractivity contribution in [3.8, 4) is 0 Å². The van der Waals surface area contributed by atoms with Gasteiger partial charge in [0, 0.05) is 54.8 Å². The van der Waals surface area contributed by atoms with E-state index in [4.69, 9.17) is 4.98 Å². The Morgan fingerprint density at radius 3 is 2.97 bits per heavy atom. The molecule has 1 aliphatic carbocycles.